The molecule has 16 heavy (non-hydrogen) atoms. The van der Waals surface area contributed by atoms with Crippen LogP contribution in [0, 0.1) is 5.92 Å². The Morgan fingerprint density at radius 3 is 3.00 bits per heavy atom. The fraction of sp³-hybridized carbons (Fsp3) is 0.636. The van der Waals surface area contributed by atoms with Crippen molar-refractivity contribution in [3.05, 3.63) is 11.3 Å². The van der Waals surface area contributed by atoms with E-state index in [9.17, 15) is 0 Å². The van der Waals surface area contributed by atoms with Gasteiger partial charge in [0.05, 0.1) is 0 Å². The molecular formula is C11H16ClN3S. The van der Waals surface area contributed by atoms with Crippen molar-refractivity contribution in [2.75, 3.05) is 5.73 Å². The van der Waals surface area contributed by atoms with Gasteiger partial charge < -0.3 is 5.73 Å². The average Bonchev–Trinajstić information content (AvgIpc) is 2.25. The van der Waals surface area contributed by atoms with Gasteiger partial charge in [-0.25, -0.2) is 9.97 Å². The molecule has 2 atom stereocenters. The number of nitrogen functional groups attached to an aromatic ring is 1. The molecule has 1 aromatic heterocycles. The van der Waals surface area contributed by atoms with Gasteiger partial charge in [-0.2, -0.15) is 0 Å². The molecule has 0 aromatic carbocycles. The number of halogens is 1. The Labute approximate surface area is 105 Å². The van der Waals surface area contributed by atoms with E-state index in [4.69, 9.17) is 17.3 Å². The molecule has 1 aliphatic carbocycles. The molecular weight excluding hydrogens is 242 g/mol. The summed E-state index contributed by atoms with van der Waals surface area (Å²) in [7, 11) is 0. The molecule has 1 aliphatic rings. The Morgan fingerprint density at radius 2 is 2.25 bits per heavy atom. The van der Waals surface area contributed by atoms with Crippen molar-refractivity contribution in [2.24, 2.45) is 5.92 Å². The van der Waals surface area contributed by atoms with Crippen LogP contribution >= 0.6 is 23.4 Å². The predicted octanol–water partition coefficient (Wildman–Crippen LogP) is 3.38. The summed E-state index contributed by atoms with van der Waals surface area (Å²) in [6.07, 6.45) is 6.61. The quantitative estimate of drug-likeness (QED) is 0.826. The molecule has 1 saturated carbocycles. The number of rotatable bonds is 2. The van der Waals surface area contributed by atoms with Crippen LogP contribution in [0.25, 0.3) is 0 Å². The fourth-order valence-corrected chi connectivity index (χ4v) is 3.66. The van der Waals surface area contributed by atoms with E-state index in [0.717, 1.165) is 10.9 Å². The Balaban J connectivity index is 2.05. The Bertz CT molecular complexity index is 372. The lowest BCUT2D eigenvalue weighted by Crippen LogP contribution is -2.15. The normalized spacial score (nSPS) is 25.6. The van der Waals surface area contributed by atoms with E-state index in [1.807, 2.05) is 0 Å². The molecule has 1 fully saturated rings. The molecule has 0 amide bonds. The van der Waals surface area contributed by atoms with Crippen LogP contribution in [0.4, 0.5) is 5.82 Å². The van der Waals surface area contributed by atoms with Crippen LogP contribution < -0.4 is 5.73 Å². The number of hydrogen-bond donors (Lipinski definition) is 1. The third kappa shape index (κ3) is 2.80. The maximum atomic E-state index is 6.08. The zero-order valence-corrected chi connectivity index (χ0v) is 10.9. The van der Waals surface area contributed by atoms with Gasteiger partial charge in [-0.1, -0.05) is 31.4 Å². The number of hydrogen-bond acceptors (Lipinski definition) is 4. The molecule has 0 saturated heterocycles. The van der Waals surface area contributed by atoms with Gasteiger partial charge in [0.15, 0.2) is 0 Å². The lowest BCUT2D eigenvalue weighted by molar-refractivity contribution is 0.394. The summed E-state index contributed by atoms with van der Waals surface area (Å²) in [6.45, 7) is 2.31. The highest BCUT2D eigenvalue weighted by Gasteiger charge is 2.21. The summed E-state index contributed by atoms with van der Waals surface area (Å²) in [6, 6.07) is 0. The minimum absolute atomic E-state index is 0.378. The van der Waals surface area contributed by atoms with E-state index < -0.39 is 0 Å². The third-order valence-electron chi connectivity index (χ3n) is 2.95. The highest BCUT2D eigenvalue weighted by atomic mass is 35.5. The smallest absolute Gasteiger partial charge is 0.146 e. The van der Waals surface area contributed by atoms with E-state index in [2.05, 4.69) is 16.9 Å². The van der Waals surface area contributed by atoms with Crippen molar-refractivity contribution in [3.63, 3.8) is 0 Å². The second-order valence-electron chi connectivity index (χ2n) is 4.39. The third-order valence-corrected chi connectivity index (χ3v) is 4.73. The first kappa shape index (κ1) is 12.0. The van der Waals surface area contributed by atoms with Crippen molar-refractivity contribution in [1.29, 1.82) is 0 Å². The zero-order chi connectivity index (χ0) is 11.5. The van der Waals surface area contributed by atoms with Gasteiger partial charge >= 0.3 is 0 Å². The number of nitrogens with zero attached hydrogens (tertiary/aromatic N) is 2. The monoisotopic (exact) mass is 257 g/mol. The number of thioether (sulfide) groups is 1. The van der Waals surface area contributed by atoms with Gasteiger partial charge in [0.2, 0.25) is 0 Å². The molecule has 2 unspecified atom stereocenters. The minimum Gasteiger partial charge on any atom is -0.382 e. The van der Waals surface area contributed by atoms with E-state index in [0.29, 0.717) is 16.1 Å². The lowest BCUT2D eigenvalue weighted by atomic mass is 9.91. The summed E-state index contributed by atoms with van der Waals surface area (Å²) in [5.41, 5.74) is 5.66. The van der Waals surface area contributed by atoms with E-state index in [-0.39, 0.29) is 0 Å². The largest absolute Gasteiger partial charge is 0.382 e. The Morgan fingerprint density at radius 1 is 1.44 bits per heavy atom. The van der Waals surface area contributed by atoms with E-state index in [1.165, 1.54) is 32.0 Å². The molecule has 1 aromatic rings. The average molecular weight is 258 g/mol. The minimum atomic E-state index is 0.378. The van der Waals surface area contributed by atoms with Gasteiger partial charge in [0.25, 0.3) is 0 Å². The maximum Gasteiger partial charge on any atom is 0.146 e. The second-order valence-corrected chi connectivity index (χ2v) is 6.06. The topological polar surface area (TPSA) is 51.8 Å². The van der Waals surface area contributed by atoms with Gasteiger partial charge in [0.1, 0.15) is 22.2 Å². The second kappa shape index (κ2) is 5.23. The van der Waals surface area contributed by atoms with Crippen LogP contribution in [0.15, 0.2) is 11.4 Å². The predicted molar refractivity (Wildman–Crippen MR) is 68.7 cm³/mol. The molecule has 2 rings (SSSR count). The van der Waals surface area contributed by atoms with Crippen molar-refractivity contribution in [2.45, 2.75) is 42.9 Å². The van der Waals surface area contributed by atoms with Crippen molar-refractivity contribution >= 4 is 29.2 Å². The number of aromatic nitrogens is 2. The molecule has 1 heterocycles. The molecule has 0 bridgehead atoms. The molecule has 2 N–H and O–H groups in total. The van der Waals surface area contributed by atoms with Crippen LogP contribution in [-0.2, 0) is 0 Å². The van der Waals surface area contributed by atoms with Crippen LogP contribution in [0.5, 0.6) is 0 Å². The summed E-state index contributed by atoms with van der Waals surface area (Å²) in [5, 5.41) is 1.95. The maximum absolute atomic E-state index is 6.08. The Hall–Kier alpha value is -0.480. The highest BCUT2D eigenvalue weighted by Crippen LogP contribution is 2.38. The van der Waals surface area contributed by atoms with Crippen LogP contribution in [0.1, 0.15) is 32.6 Å². The van der Waals surface area contributed by atoms with Crippen molar-refractivity contribution < 1.29 is 0 Å². The van der Waals surface area contributed by atoms with Crippen LogP contribution in [-0.4, -0.2) is 15.2 Å². The summed E-state index contributed by atoms with van der Waals surface area (Å²) >= 11 is 7.82. The lowest BCUT2D eigenvalue weighted by Gasteiger charge is -2.25. The summed E-state index contributed by atoms with van der Waals surface area (Å²) < 4.78 is 0. The van der Waals surface area contributed by atoms with Crippen LogP contribution in [0.3, 0.4) is 0 Å². The fourth-order valence-electron chi connectivity index (χ4n) is 2.09. The molecule has 0 radical (unpaired) electrons. The van der Waals surface area contributed by atoms with Gasteiger partial charge in [0, 0.05) is 5.25 Å². The van der Waals surface area contributed by atoms with Crippen molar-refractivity contribution in [3.8, 4) is 0 Å². The van der Waals surface area contributed by atoms with Gasteiger partial charge in [-0.05, 0) is 18.8 Å². The first-order chi connectivity index (χ1) is 7.66. The number of anilines is 1. The standard InChI is InChI=1S/C11H16ClN3S/c1-7-3-2-4-8(5-7)16-11-9(12)10(13)14-6-15-11/h6-8H,2-5H2,1H3,(H2,13,14,15). The van der Waals surface area contributed by atoms with Gasteiger partial charge in [-0.15, -0.1) is 11.8 Å². The van der Waals surface area contributed by atoms with Crippen LogP contribution in [0.2, 0.25) is 5.02 Å². The van der Waals surface area contributed by atoms with E-state index >= 15 is 0 Å². The van der Waals surface area contributed by atoms with Gasteiger partial charge in [-0.3, -0.25) is 0 Å². The molecule has 88 valence electrons. The van der Waals surface area contributed by atoms with Crippen molar-refractivity contribution in [1.82, 2.24) is 9.97 Å². The SMILES string of the molecule is CC1CCCC(Sc2ncnc(N)c2Cl)C1. The summed E-state index contributed by atoms with van der Waals surface area (Å²) in [5.74, 6) is 1.19. The molecule has 3 nitrogen and oxygen atoms in total. The van der Waals surface area contributed by atoms with E-state index in [1.54, 1.807) is 11.8 Å². The highest BCUT2D eigenvalue weighted by molar-refractivity contribution is 8.00. The molecule has 5 heteroatoms. The zero-order valence-electron chi connectivity index (χ0n) is 9.32. The first-order valence-corrected chi connectivity index (χ1v) is 6.85. The molecule has 0 aliphatic heterocycles. The molecule has 0 spiro atoms. The Kier molecular flexibility index (Phi) is 3.92. The summed E-state index contributed by atoms with van der Waals surface area (Å²) in [4.78, 5) is 8.07. The number of nitrogens with two attached hydrogens (primary N) is 1. The first-order valence-electron chi connectivity index (χ1n) is 5.59.